The lowest BCUT2D eigenvalue weighted by atomic mass is 10.1. The van der Waals surface area contributed by atoms with Gasteiger partial charge >= 0.3 is 0 Å². The molecule has 0 aliphatic carbocycles. The van der Waals surface area contributed by atoms with Crippen molar-refractivity contribution >= 4 is 21.4 Å². The number of carbonyl (C=O) groups excluding carboxylic acids is 1. The molecular formula is C19H28N2O4S. The quantitative estimate of drug-likeness (QED) is 0.781. The monoisotopic (exact) mass is 380 g/mol. The highest BCUT2D eigenvalue weighted by atomic mass is 32.2. The third-order valence-electron chi connectivity index (χ3n) is 5.21. The van der Waals surface area contributed by atoms with Crippen LogP contribution in [-0.4, -0.2) is 62.6 Å². The highest BCUT2D eigenvalue weighted by molar-refractivity contribution is 7.91. The molecule has 0 spiro atoms. The third kappa shape index (κ3) is 5.05. The zero-order valence-electron chi connectivity index (χ0n) is 15.3. The Labute approximate surface area is 155 Å². The zero-order chi connectivity index (χ0) is 18.6. The molecule has 144 valence electrons. The van der Waals surface area contributed by atoms with Gasteiger partial charge in [-0.3, -0.25) is 9.69 Å². The van der Waals surface area contributed by atoms with Crippen LogP contribution < -0.4 is 5.32 Å². The lowest BCUT2D eigenvalue weighted by Crippen LogP contribution is -2.45. The third-order valence-corrected chi connectivity index (χ3v) is 6.96. The molecule has 7 heteroatoms. The molecular weight excluding hydrogens is 352 g/mol. The molecule has 1 aromatic carbocycles. The molecule has 2 unspecified atom stereocenters. The Morgan fingerprint density at radius 2 is 2.12 bits per heavy atom. The molecule has 2 fully saturated rings. The van der Waals surface area contributed by atoms with Gasteiger partial charge in [0.25, 0.3) is 0 Å². The highest BCUT2D eigenvalue weighted by Gasteiger charge is 2.34. The Bertz CT molecular complexity index is 729. The second-order valence-electron chi connectivity index (χ2n) is 7.18. The number of benzene rings is 1. The molecule has 26 heavy (non-hydrogen) atoms. The lowest BCUT2D eigenvalue weighted by Gasteiger charge is -2.29. The molecule has 6 nitrogen and oxygen atoms in total. The summed E-state index contributed by atoms with van der Waals surface area (Å²) in [6, 6.07) is 7.67. The van der Waals surface area contributed by atoms with Gasteiger partial charge in [-0.15, -0.1) is 0 Å². The molecule has 3 rings (SSSR count). The number of ether oxygens (including phenoxy) is 1. The van der Waals surface area contributed by atoms with Crippen LogP contribution >= 0.6 is 0 Å². The number of para-hydroxylation sites is 1. The van der Waals surface area contributed by atoms with Crippen molar-refractivity contribution in [2.75, 3.05) is 36.5 Å². The van der Waals surface area contributed by atoms with E-state index in [9.17, 15) is 13.2 Å². The van der Waals surface area contributed by atoms with E-state index in [1.807, 2.05) is 29.2 Å². The van der Waals surface area contributed by atoms with Crippen molar-refractivity contribution in [1.82, 2.24) is 4.90 Å². The van der Waals surface area contributed by atoms with Crippen LogP contribution in [0.2, 0.25) is 0 Å². The summed E-state index contributed by atoms with van der Waals surface area (Å²) in [6.45, 7) is 3.61. The normalized spacial score (nSPS) is 24.8. The van der Waals surface area contributed by atoms with Crippen molar-refractivity contribution in [1.29, 1.82) is 0 Å². The standard InChI is InChI=1S/C19H28N2O4S/c1-2-15-6-3-4-8-18(15)20-19(22)13-21(12-17-7-5-10-25-17)16-9-11-26(23,24)14-16/h3-4,6,8,16-17H,2,5,7,9-14H2,1H3,(H,20,22). The number of hydrogen-bond donors (Lipinski definition) is 1. The van der Waals surface area contributed by atoms with Crippen LogP contribution in [0.15, 0.2) is 24.3 Å². The minimum atomic E-state index is -2.99. The molecule has 2 saturated heterocycles. The van der Waals surface area contributed by atoms with Gasteiger partial charge in [-0.1, -0.05) is 25.1 Å². The van der Waals surface area contributed by atoms with Gasteiger partial charge in [0.2, 0.25) is 5.91 Å². The van der Waals surface area contributed by atoms with Gasteiger partial charge in [0, 0.05) is 24.9 Å². The summed E-state index contributed by atoms with van der Waals surface area (Å²) in [4.78, 5) is 14.6. The van der Waals surface area contributed by atoms with Gasteiger partial charge in [0.05, 0.1) is 24.2 Å². The summed E-state index contributed by atoms with van der Waals surface area (Å²) >= 11 is 0. The maximum Gasteiger partial charge on any atom is 0.238 e. The van der Waals surface area contributed by atoms with Gasteiger partial charge < -0.3 is 10.1 Å². The number of carbonyl (C=O) groups is 1. The summed E-state index contributed by atoms with van der Waals surface area (Å²) in [7, 11) is -2.99. The Morgan fingerprint density at radius 1 is 1.31 bits per heavy atom. The van der Waals surface area contributed by atoms with E-state index in [0.29, 0.717) is 13.0 Å². The first-order valence-electron chi connectivity index (χ1n) is 9.40. The van der Waals surface area contributed by atoms with Gasteiger partial charge in [0.1, 0.15) is 0 Å². The van der Waals surface area contributed by atoms with E-state index < -0.39 is 9.84 Å². The minimum Gasteiger partial charge on any atom is -0.377 e. The topological polar surface area (TPSA) is 75.7 Å². The molecule has 1 N–H and O–H groups in total. The van der Waals surface area contributed by atoms with E-state index in [4.69, 9.17) is 4.74 Å². The average molecular weight is 381 g/mol. The van der Waals surface area contributed by atoms with E-state index in [-0.39, 0.29) is 36.1 Å². The van der Waals surface area contributed by atoms with E-state index in [0.717, 1.165) is 37.1 Å². The van der Waals surface area contributed by atoms with Crippen molar-refractivity contribution in [2.45, 2.75) is 44.8 Å². The van der Waals surface area contributed by atoms with Crippen LogP contribution in [-0.2, 0) is 25.8 Å². The summed E-state index contributed by atoms with van der Waals surface area (Å²) in [5.74, 6) is 0.242. The SMILES string of the molecule is CCc1ccccc1NC(=O)CN(CC1CCCO1)C1CCS(=O)(=O)C1. The number of aryl methyl sites for hydroxylation is 1. The van der Waals surface area contributed by atoms with Gasteiger partial charge in [0.15, 0.2) is 9.84 Å². The highest BCUT2D eigenvalue weighted by Crippen LogP contribution is 2.22. The maximum absolute atomic E-state index is 12.6. The first-order chi connectivity index (χ1) is 12.5. The second-order valence-corrected chi connectivity index (χ2v) is 9.41. The molecule has 2 atom stereocenters. The number of nitrogens with zero attached hydrogens (tertiary/aromatic N) is 1. The fourth-order valence-electron chi connectivity index (χ4n) is 3.78. The van der Waals surface area contributed by atoms with E-state index in [1.54, 1.807) is 0 Å². The minimum absolute atomic E-state index is 0.0917. The van der Waals surface area contributed by atoms with Crippen LogP contribution in [0.4, 0.5) is 5.69 Å². The van der Waals surface area contributed by atoms with Gasteiger partial charge in [-0.05, 0) is 37.3 Å². The zero-order valence-corrected chi connectivity index (χ0v) is 16.1. The second kappa shape index (κ2) is 8.50. The molecule has 0 bridgehead atoms. The molecule has 0 radical (unpaired) electrons. The number of anilines is 1. The van der Waals surface area contributed by atoms with Crippen LogP contribution in [0, 0.1) is 0 Å². The molecule has 1 amide bonds. The first-order valence-corrected chi connectivity index (χ1v) is 11.2. The predicted molar refractivity (Wildman–Crippen MR) is 102 cm³/mol. The fourth-order valence-corrected chi connectivity index (χ4v) is 5.54. The fraction of sp³-hybridized carbons (Fsp3) is 0.632. The summed E-state index contributed by atoms with van der Waals surface area (Å²) in [5, 5.41) is 2.99. The summed E-state index contributed by atoms with van der Waals surface area (Å²) in [6.07, 6.45) is 3.52. The van der Waals surface area contributed by atoms with Crippen LogP contribution in [0.1, 0.15) is 31.7 Å². The molecule has 1 aromatic rings. The average Bonchev–Trinajstić information content (AvgIpc) is 3.24. The molecule has 2 aliphatic rings. The van der Waals surface area contributed by atoms with E-state index in [2.05, 4.69) is 12.2 Å². The van der Waals surface area contributed by atoms with E-state index >= 15 is 0 Å². The predicted octanol–water partition coefficient (Wildman–Crippen LogP) is 1.86. The number of rotatable bonds is 7. The maximum atomic E-state index is 12.6. The summed E-state index contributed by atoms with van der Waals surface area (Å²) < 4.78 is 29.5. The number of hydrogen-bond acceptors (Lipinski definition) is 5. The molecule has 0 saturated carbocycles. The molecule has 2 aliphatic heterocycles. The van der Waals surface area contributed by atoms with Crippen molar-refractivity contribution in [2.24, 2.45) is 0 Å². The van der Waals surface area contributed by atoms with Gasteiger partial charge in [-0.2, -0.15) is 0 Å². The number of nitrogens with one attached hydrogen (secondary N) is 1. The van der Waals surface area contributed by atoms with Crippen LogP contribution in [0.3, 0.4) is 0 Å². The Hall–Kier alpha value is -1.44. The smallest absolute Gasteiger partial charge is 0.238 e. The number of amides is 1. The van der Waals surface area contributed by atoms with Crippen LogP contribution in [0.25, 0.3) is 0 Å². The van der Waals surface area contributed by atoms with E-state index in [1.165, 1.54) is 0 Å². The Kier molecular flexibility index (Phi) is 6.32. The first kappa shape index (κ1) is 19.3. The van der Waals surface area contributed by atoms with Crippen LogP contribution in [0.5, 0.6) is 0 Å². The van der Waals surface area contributed by atoms with Gasteiger partial charge in [-0.25, -0.2) is 8.42 Å². The Morgan fingerprint density at radius 3 is 2.77 bits per heavy atom. The number of sulfone groups is 1. The summed E-state index contributed by atoms with van der Waals surface area (Å²) in [5.41, 5.74) is 1.92. The van der Waals surface area contributed by atoms with Crippen molar-refractivity contribution < 1.29 is 17.9 Å². The Balaban J connectivity index is 1.67. The molecule has 2 heterocycles. The van der Waals surface area contributed by atoms with Crippen molar-refractivity contribution in [3.63, 3.8) is 0 Å². The molecule has 0 aromatic heterocycles. The largest absolute Gasteiger partial charge is 0.377 e. The lowest BCUT2D eigenvalue weighted by molar-refractivity contribution is -0.118. The van der Waals surface area contributed by atoms with Crippen molar-refractivity contribution in [3.8, 4) is 0 Å². The van der Waals surface area contributed by atoms with Crippen molar-refractivity contribution in [3.05, 3.63) is 29.8 Å².